The standard InChI is InChI=1S/C20H20O3/c1-4-18(19(14(2)21)20(22)23-3)17-12-10-16(11-13-17)15-8-6-5-7-9-15/h4-13,18-19H,1H2,2-3H3. The monoisotopic (exact) mass is 308 g/mol. The summed E-state index contributed by atoms with van der Waals surface area (Å²) in [7, 11) is 1.29. The SMILES string of the molecule is C=CC(c1ccc(-c2ccccc2)cc1)C(C(C)=O)C(=O)OC. The van der Waals surface area contributed by atoms with E-state index in [0.29, 0.717) is 0 Å². The van der Waals surface area contributed by atoms with Gasteiger partial charge in [0.15, 0.2) is 0 Å². The lowest BCUT2D eigenvalue weighted by atomic mass is 9.83. The fourth-order valence-corrected chi connectivity index (χ4v) is 2.69. The van der Waals surface area contributed by atoms with Gasteiger partial charge in [0.05, 0.1) is 7.11 Å². The number of rotatable bonds is 6. The summed E-state index contributed by atoms with van der Waals surface area (Å²) in [4.78, 5) is 23.8. The summed E-state index contributed by atoms with van der Waals surface area (Å²) in [5.41, 5.74) is 3.06. The Bertz CT molecular complexity index is 687. The molecule has 0 heterocycles. The molecule has 2 aromatic carbocycles. The Morgan fingerprint density at radius 3 is 2.04 bits per heavy atom. The highest BCUT2D eigenvalue weighted by Crippen LogP contribution is 2.30. The van der Waals surface area contributed by atoms with Crippen molar-refractivity contribution >= 4 is 11.8 Å². The number of allylic oxidation sites excluding steroid dienone is 1. The fourth-order valence-electron chi connectivity index (χ4n) is 2.69. The van der Waals surface area contributed by atoms with Crippen LogP contribution in [0.4, 0.5) is 0 Å². The molecule has 0 N–H and O–H groups in total. The van der Waals surface area contributed by atoms with Gasteiger partial charge in [-0.3, -0.25) is 9.59 Å². The van der Waals surface area contributed by atoms with E-state index in [1.807, 2.05) is 54.6 Å². The molecule has 0 aliphatic rings. The molecule has 0 aliphatic heterocycles. The number of benzene rings is 2. The number of ketones is 1. The molecule has 2 unspecified atom stereocenters. The summed E-state index contributed by atoms with van der Waals surface area (Å²) in [6.07, 6.45) is 1.63. The van der Waals surface area contributed by atoms with E-state index in [1.54, 1.807) is 6.08 Å². The van der Waals surface area contributed by atoms with Crippen molar-refractivity contribution in [2.24, 2.45) is 5.92 Å². The van der Waals surface area contributed by atoms with E-state index in [4.69, 9.17) is 4.74 Å². The topological polar surface area (TPSA) is 43.4 Å². The van der Waals surface area contributed by atoms with Crippen LogP contribution in [0.3, 0.4) is 0 Å². The molecule has 2 atom stereocenters. The molecule has 0 aliphatic carbocycles. The van der Waals surface area contributed by atoms with Crippen molar-refractivity contribution in [1.82, 2.24) is 0 Å². The van der Waals surface area contributed by atoms with Gasteiger partial charge in [-0.05, 0) is 23.6 Å². The average molecular weight is 308 g/mol. The van der Waals surface area contributed by atoms with Gasteiger partial charge in [-0.25, -0.2) is 0 Å². The Balaban J connectivity index is 2.33. The summed E-state index contributed by atoms with van der Waals surface area (Å²) < 4.78 is 4.76. The molecule has 3 nitrogen and oxygen atoms in total. The van der Waals surface area contributed by atoms with Crippen molar-refractivity contribution in [2.45, 2.75) is 12.8 Å². The zero-order chi connectivity index (χ0) is 16.8. The average Bonchev–Trinajstić information content (AvgIpc) is 2.59. The van der Waals surface area contributed by atoms with E-state index in [1.165, 1.54) is 14.0 Å². The molecule has 0 spiro atoms. The fraction of sp³-hybridized carbons (Fsp3) is 0.200. The van der Waals surface area contributed by atoms with E-state index in [2.05, 4.69) is 6.58 Å². The first-order chi connectivity index (χ1) is 11.1. The lowest BCUT2D eigenvalue weighted by Gasteiger charge is -2.20. The van der Waals surface area contributed by atoms with Crippen LogP contribution in [-0.4, -0.2) is 18.9 Å². The normalized spacial score (nSPS) is 13.0. The molecule has 2 rings (SSSR count). The minimum Gasteiger partial charge on any atom is -0.468 e. The number of carbonyl (C=O) groups excluding carboxylic acids is 2. The van der Waals surface area contributed by atoms with Gasteiger partial charge in [0.1, 0.15) is 11.7 Å². The van der Waals surface area contributed by atoms with Crippen LogP contribution >= 0.6 is 0 Å². The number of ether oxygens (including phenoxy) is 1. The van der Waals surface area contributed by atoms with Gasteiger partial charge in [-0.1, -0.05) is 60.7 Å². The Hall–Kier alpha value is -2.68. The molecular formula is C20H20O3. The second-order valence-electron chi connectivity index (χ2n) is 5.36. The molecule has 118 valence electrons. The number of hydrogen-bond donors (Lipinski definition) is 0. The third kappa shape index (κ3) is 3.75. The second kappa shape index (κ2) is 7.54. The van der Waals surface area contributed by atoms with Gasteiger partial charge in [-0.2, -0.15) is 0 Å². The lowest BCUT2D eigenvalue weighted by molar-refractivity contribution is -0.149. The molecular weight excluding hydrogens is 288 g/mol. The van der Waals surface area contributed by atoms with Gasteiger partial charge in [0.2, 0.25) is 0 Å². The predicted octanol–water partition coefficient (Wildman–Crippen LogP) is 4.00. The van der Waals surface area contributed by atoms with Gasteiger partial charge >= 0.3 is 5.97 Å². The minimum absolute atomic E-state index is 0.228. The largest absolute Gasteiger partial charge is 0.468 e. The number of Topliss-reactive ketones (excluding diaryl/α,β-unsaturated/α-hetero) is 1. The zero-order valence-corrected chi connectivity index (χ0v) is 13.4. The summed E-state index contributed by atoms with van der Waals surface area (Å²) >= 11 is 0. The van der Waals surface area contributed by atoms with Crippen molar-refractivity contribution in [3.8, 4) is 11.1 Å². The highest BCUT2D eigenvalue weighted by molar-refractivity contribution is 5.99. The van der Waals surface area contributed by atoms with E-state index < -0.39 is 17.8 Å². The van der Waals surface area contributed by atoms with Crippen LogP contribution in [0.25, 0.3) is 11.1 Å². The number of carbonyl (C=O) groups is 2. The van der Waals surface area contributed by atoms with E-state index >= 15 is 0 Å². The van der Waals surface area contributed by atoms with Gasteiger partial charge in [-0.15, -0.1) is 6.58 Å². The number of methoxy groups -OCH3 is 1. The van der Waals surface area contributed by atoms with Crippen LogP contribution in [0.2, 0.25) is 0 Å². The quantitative estimate of drug-likeness (QED) is 0.460. The molecule has 0 radical (unpaired) electrons. The van der Waals surface area contributed by atoms with Gasteiger partial charge < -0.3 is 4.74 Å². The number of hydrogen-bond acceptors (Lipinski definition) is 3. The first kappa shape index (κ1) is 16.7. The molecule has 2 aromatic rings. The maximum Gasteiger partial charge on any atom is 0.317 e. The maximum atomic E-state index is 11.9. The van der Waals surface area contributed by atoms with Crippen LogP contribution < -0.4 is 0 Å². The van der Waals surface area contributed by atoms with E-state index in [0.717, 1.165) is 16.7 Å². The Labute approximate surface area is 136 Å². The molecule has 0 fully saturated rings. The maximum absolute atomic E-state index is 11.9. The third-order valence-corrected chi connectivity index (χ3v) is 3.91. The zero-order valence-electron chi connectivity index (χ0n) is 13.4. The molecule has 0 saturated heterocycles. The Morgan fingerprint density at radius 1 is 1.00 bits per heavy atom. The van der Waals surface area contributed by atoms with E-state index in [-0.39, 0.29) is 5.78 Å². The first-order valence-corrected chi connectivity index (χ1v) is 7.44. The van der Waals surface area contributed by atoms with E-state index in [9.17, 15) is 9.59 Å². The van der Waals surface area contributed by atoms with Crippen LogP contribution in [0.15, 0.2) is 67.3 Å². The van der Waals surface area contributed by atoms with Crippen molar-refractivity contribution in [2.75, 3.05) is 7.11 Å². The van der Waals surface area contributed by atoms with Crippen molar-refractivity contribution in [1.29, 1.82) is 0 Å². The van der Waals surface area contributed by atoms with Crippen molar-refractivity contribution in [3.05, 3.63) is 72.8 Å². The summed E-state index contributed by atoms with van der Waals surface area (Å²) in [5.74, 6) is -2.02. The lowest BCUT2D eigenvalue weighted by Crippen LogP contribution is -2.28. The molecule has 0 bridgehead atoms. The Morgan fingerprint density at radius 2 is 1.57 bits per heavy atom. The van der Waals surface area contributed by atoms with Gasteiger partial charge in [0, 0.05) is 5.92 Å². The highest BCUT2D eigenvalue weighted by atomic mass is 16.5. The van der Waals surface area contributed by atoms with Crippen LogP contribution in [-0.2, 0) is 14.3 Å². The molecule has 3 heteroatoms. The highest BCUT2D eigenvalue weighted by Gasteiger charge is 2.32. The summed E-state index contributed by atoms with van der Waals surface area (Å²) in [6, 6.07) is 17.8. The third-order valence-electron chi connectivity index (χ3n) is 3.91. The van der Waals surface area contributed by atoms with Crippen LogP contribution in [0.1, 0.15) is 18.4 Å². The first-order valence-electron chi connectivity index (χ1n) is 7.44. The summed E-state index contributed by atoms with van der Waals surface area (Å²) in [6.45, 7) is 5.18. The predicted molar refractivity (Wildman–Crippen MR) is 91.0 cm³/mol. The summed E-state index contributed by atoms with van der Waals surface area (Å²) in [5, 5.41) is 0. The molecule has 23 heavy (non-hydrogen) atoms. The van der Waals surface area contributed by atoms with Crippen molar-refractivity contribution < 1.29 is 14.3 Å². The van der Waals surface area contributed by atoms with Crippen molar-refractivity contribution in [3.63, 3.8) is 0 Å². The van der Waals surface area contributed by atoms with Crippen LogP contribution in [0.5, 0.6) is 0 Å². The molecule has 0 saturated carbocycles. The minimum atomic E-state index is -0.861. The Kier molecular flexibility index (Phi) is 5.47. The van der Waals surface area contributed by atoms with Crippen LogP contribution in [0, 0.1) is 5.92 Å². The second-order valence-corrected chi connectivity index (χ2v) is 5.36. The molecule has 0 amide bonds. The number of esters is 1. The van der Waals surface area contributed by atoms with Gasteiger partial charge in [0.25, 0.3) is 0 Å². The smallest absolute Gasteiger partial charge is 0.317 e. The molecule has 0 aromatic heterocycles.